The molecule has 27 heavy (non-hydrogen) atoms. The van der Waals surface area contributed by atoms with Gasteiger partial charge in [-0.05, 0) is 26.7 Å². The molecular formula is C17H34IN5O4. The van der Waals surface area contributed by atoms with E-state index in [1.165, 1.54) is 4.90 Å². The molecule has 0 radical (unpaired) electrons. The zero-order chi connectivity index (χ0) is 19.4. The maximum atomic E-state index is 11.8. The van der Waals surface area contributed by atoms with E-state index in [1.807, 2.05) is 6.92 Å². The van der Waals surface area contributed by atoms with Crippen molar-refractivity contribution in [3.63, 3.8) is 0 Å². The number of aliphatic imine (C=N–C) groups is 1. The second-order valence-electron chi connectivity index (χ2n) is 6.18. The van der Waals surface area contributed by atoms with E-state index in [2.05, 4.69) is 15.6 Å². The molecular weight excluding hydrogens is 465 g/mol. The molecule has 2 amide bonds. The van der Waals surface area contributed by atoms with Crippen LogP contribution in [0.3, 0.4) is 0 Å². The van der Waals surface area contributed by atoms with Crippen molar-refractivity contribution < 1.29 is 19.1 Å². The third kappa shape index (κ3) is 10.6. The summed E-state index contributed by atoms with van der Waals surface area (Å²) < 4.78 is 10.4. The number of hydrogen-bond acceptors (Lipinski definition) is 5. The number of nitrogens with one attached hydrogen (secondary N) is 2. The number of amides is 2. The van der Waals surface area contributed by atoms with Crippen LogP contribution in [0.15, 0.2) is 4.99 Å². The second-order valence-corrected chi connectivity index (χ2v) is 6.18. The zero-order valence-corrected chi connectivity index (χ0v) is 19.2. The Bertz CT molecular complexity index is 468. The van der Waals surface area contributed by atoms with Crippen molar-refractivity contribution in [1.82, 2.24) is 20.4 Å². The molecule has 0 atom stereocenters. The Morgan fingerprint density at radius 2 is 1.85 bits per heavy atom. The third-order valence-electron chi connectivity index (χ3n) is 3.98. The van der Waals surface area contributed by atoms with Gasteiger partial charge in [0.25, 0.3) is 0 Å². The van der Waals surface area contributed by atoms with E-state index in [4.69, 9.17) is 9.47 Å². The van der Waals surface area contributed by atoms with Gasteiger partial charge in [-0.3, -0.25) is 4.79 Å². The molecule has 0 unspecified atom stereocenters. The van der Waals surface area contributed by atoms with Gasteiger partial charge in [-0.2, -0.15) is 0 Å². The summed E-state index contributed by atoms with van der Waals surface area (Å²) in [5.41, 5.74) is 0. The van der Waals surface area contributed by atoms with Crippen LogP contribution in [0, 0.1) is 0 Å². The van der Waals surface area contributed by atoms with Gasteiger partial charge in [-0.25, -0.2) is 9.79 Å². The van der Waals surface area contributed by atoms with Crippen LogP contribution in [0.2, 0.25) is 0 Å². The van der Waals surface area contributed by atoms with E-state index in [0.717, 1.165) is 12.8 Å². The van der Waals surface area contributed by atoms with Crippen LogP contribution in [0.4, 0.5) is 4.79 Å². The maximum absolute atomic E-state index is 11.8. The summed E-state index contributed by atoms with van der Waals surface area (Å²) in [6.07, 6.45) is 1.34. The summed E-state index contributed by atoms with van der Waals surface area (Å²) in [7, 11) is 3.41. The molecule has 1 saturated heterocycles. The van der Waals surface area contributed by atoms with Crippen LogP contribution in [0.25, 0.3) is 0 Å². The Morgan fingerprint density at radius 1 is 1.19 bits per heavy atom. The minimum Gasteiger partial charge on any atom is -0.450 e. The number of carbonyl (C=O) groups is 2. The van der Waals surface area contributed by atoms with Crippen LogP contribution in [0.1, 0.15) is 26.7 Å². The van der Waals surface area contributed by atoms with Crippen LogP contribution >= 0.6 is 24.0 Å². The molecule has 0 spiro atoms. The minimum atomic E-state index is -0.258. The molecule has 1 aliphatic rings. The van der Waals surface area contributed by atoms with Crippen LogP contribution < -0.4 is 10.6 Å². The first kappa shape index (κ1) is 25.7. The second kappa shape index (κ2) is 14.7. The lowest BCUT2D eigenvalue weighted by Gasteiger charge is -2.32. The highest BCUT2D eigenvalue weighted by atomic mass is 127. The van der Waals surface area contributed by atoms with Gasteiger partial charge in [0.05, 0.1) is 13.2 Å². The van der Waals surface area contributed by atoms with Gasteiger partial charge in [0, 0.05) is 46.4 Å². The van der Waals surface area contributed by atoms with Gasteiger partial charge >= 0.3 is 6.09 Å². The van der Waals surface area contributed by atoms with Crippen LogP contribution in [-0.2, 0) is 14.3 Å². The topological polar surface area (TPSA) is 95.5 Å². The number of ether oxygens (including phenoxy) is 2. The van der Waals surface area contributed by atoms with Crippen molar-refractivity contribution in [2.24, 2.45) is 4.99 Å². The first-order valence-electron chi connectivity index (χ1n) is 9.22. The summed E-state index contributed by atoms with van der Waals surface area (Å²) >= 11 is 0. The SMILES string of the molecule is CCOCCNC(=NCC(=O)N(C)C)NC1CCN(C(=O)OCC)CC1.I. The first-order chi connectivity index (χ1) is 12.5. The average molecular weight is 499 g/mol. The van der Waals surface area contributed by atoms with Crippen molar-refractivity contribution in [2.45, 2.75) is 32.7 Å². The number of likely N-dealkylation sites (tertiary alicyclic amines) is 1. The van der Waals surface area contributed by atoms with E-state index in [1.54, 1.807) is 25.9 Å². The highest BCUT2D eigenvalue weighted by Crippen LogP contribution is 2.11. The monoisotopic (exact) mass is 499 g/mol. The van der Waals surface area contributed by atoms with Gasteiger partial charge in [-0.1, -0.05) is 0 Å². The number of rotatable bonds is 8. The molecule has 10 heteroatoms. The fourth-order valence-corrected chi connectivity index (χ4v) is 2.44. The number of carbonyl (C=O) groups excluding carboxylic acids is 2. The number of halogens is 1. The van der Waals surface area contributed by atoms with Crippen molar-refractivity contribution in [3.05, 3.63) is 0 Å². The fourth-order valence-electron chi connectivity index (χ4n) is 2.44. The molecule has 0 bridgehead atoms. The zero-order valence-electron chi connectivity index (χ0n) is 16.8. The van der Waals surface area contributed by atoms with Gasteiger partial charge < -0.3 is 29.9 Å². The predicted octanol–water partition coefficient (Wildman–Crippen LogP) is 0.885. The van der Waals surface area contributed by atoms with E-state index in [-0.39, 0.29) is 48.6 Å². The van der Waals surface area contributed by atoms with E-state index in [0.29, 0.717) is 45.4 Å². The molecule has 0 saturated carbocycles. The van der Waals surface area contributed by atoms with Crippen LogP contribution in [0.5, 0.6) is 0 Å². The summed E-state index contributed by atoms with van der Waals surface area (Å²) in [5.74, 6) is 0.530. The normalized spacial score (nSPS) is 15.0. The molecule has 1 aliphatic heterocycles. The lowest BCUT2D eigenvalue weighted by Crippen LogP contribution is -2.50. The Morgan fingerprint density at radius 3 is 2.41 bits per heavy atom. The Hall–Kier alpha value is -1.30. The summed E-state index contributed by atoms with van der Waals surface area (Å²) in [5, 5.41) is 6.54. The van der Waals surface area contributed by atoms with Gasteiger partial charge in [0.15, 0.2) is 5.96 Å². The van der Waals surface area contributed by atoms with Crippen LogP contribution in [-0.4, -0.2) is 93.9 Å². The van der Waals surface area contributed by atoms with Gasteiger partial charge in [0.2, 0.25) is 5.91 Å². The number of hydrogen-bond donors (Lipinski definition) is 2. The number of nitrogens with zero attached hydrogens (tertiary/aromatic N) is 3. The smallest absolute Gasteiger partial charge is 0.409 e. The lowest BCUT2D eigenvalue weighted by molar-refractivity contribution is -0.127. The van der Waals surface area contributed by atoms with Crippen molar-refractivity contribution in [2.75, 3.05) is 60.1 Å². The van der Waals surface area contributed by atoms with E-state index in [9.17, 15) is 9.59 Å². The highest BCUT2D eigenvalue weighted by Gasteiger charge is 2.24. The lowest BCUT2D eigenvalue weighted by atomic mass is 10.1. The molecule has 0 aromatic carbocycles. The number of guanidine groups is 1. The Labute approximate surface area is 179 Å². The molecule has 9 nitrogen and oxygen atoms in total. The molecule has 1 fully saturated rings. The quantitative estimate of drug-likeness (QED) is 0.223. The van der Waals surface area contributed by atoms with Gasteiger partial charge in [0.1, 0.15) is 6.54 Å². The molecule has 158 valence electrons. The predicted molar refractivity (Wildman–Crippen MR) is 116 cm³/mol. The molecule has 2 N–H and O–H groups in total. The standard InChI is InChI=1S/C17H33N5O4.HI/c1-5-25-12-9-18-16(19-13-15(23)21(3)4)20-14-7-10-22(11-8-14)17(24)26-6-2;/h14H,5-13H2,1-4H3,(H2,18,19,20);1H. The highest BCUT2D eigenvalue weighted by molar-refractivity contribution is 14.0. The molecule has 1 rings (SSSR count). The van der Waals surface area contributed by atoms with Crippen molar-refractivity contribution in [3.8, 4) is 0 Å². The van der Waals surface area contributed by atoms with Crippen molar-refractivity contribution in [1.29, 1.82) is 0 Å². The summed E-state index contributed by atoms with van der Waals surface area (Å²) in [6, 6.07) is 0.188. The van der Waals surface area contributed by atoms with E-state index >= 15 is 0 Å². The van der Waals surface area contributed by atoms with Gasteiger partial charge in [-0.15, -0.1) is 24.0 Å². The Balaban J connectivity index is 0.00000676. The molecule has 0 aromatic rings. The fraction of sp³-hybridized carbons (Fsp3) is 0.824. The summed E-state index contributed by atoms with van der Waals surface area (Å²) in [4.78, 5) is 31.1. The molecule has 0 aromatic heterocycles. The maximum Gasteiger partial charge on any atom is 0.409 e. The molecule has 0 aliphatic carbocycles. The average Bonchev–Trinajstić information content (AvgIpc) is 2.63. The number of likely N-dealkylation sites (N-methyl/N-ethyl adjacent to an activating group) is 1. The third-order valence-corrected chi connectivity index (χ3v) is 3.98. The number of piperidine rings is 1. The first-order valence-corrected chi connectivity index (χ1v) is 9.22. The molecule has 1 heterocycles. The summed E-state index contributed by atoms with van der Waals surface area (Å²) in [6.45, 7) is 7.33. The minimum absolute atomic E-state index is 0. The van der Waals surface area contributed by atoms with E-state index < -0.39 is 0 Å². The largest absolute Gasteiger partial charge is 0.450 e. The van der Waals surface area contributed by atoms with Crippen molar-refractivity contribution >= 4 is 41.9 Å². The Kier molecular flexibility index (Phi) is 14.0.